The largest absolute Gasteiger partial charge is 0.494 e. The summed E-state index contributed by atoms with van der Waals surface area (Å²) in [5.74, 6) is 0.371. The van der Waals surface area contributed by atoms with E-state index < -0.39 is 6.10 Å². The van der Waals surface area contributed by atoms with Gasteiger partial charge in [-0.15, -0.1) is 0 Å². The highest BCUT2D eigenvalue weighted by Gasteiger charge is 2.15. The Morgan fingerprint density at radius 3 is 2.45 bits per heavy atom. The van der Waals surface area contributed by atoms with E-state index in [1.807, 2.05) is 13.8 Å². The van der Waals surface area contributed by atoms with Crippen LogP contribution in [0.1, 0.15) is 36.1 Å². The minimum absolute atomic E-state index is 0.290. The van der Waals surface area contributed by atoms with Gasteiger partial charge in [0.05, 0.1) is 6.61 Å². The summed E-state index contributed by atoms with van der Waals surface area (Å²) in [5.41, 5.74) is 1.77. The Hall–Kier alpha value is -1.87. The number of benzene rings is 2. The molecule has 2 rings (SSSR count). The van der Waals surface area contributed by atoms with Crippen molar-refractivity contribution in [1.29, 1.82) is 0 Å². The van der Waals surface area contributed by atoms with Crippen molar-refractivity contribution >= 4 is 0 Å². The summed E-state index contributed by atoms with van der Waals surface area (Å²) in [5, 5.41) is 10.2. The van der Waals surface area contributed by atoms with Crippen LogP contribution in [-0.2, 0) is 0 Å². The Balaban J connectivity index is 2.18. The topological polar surface area (TPSA) is 29.5 Å². The fourth-order valence-corrected chi connectivity index (χ4v) is 2.00. The molecule has 2 aromatic carbocycles. The van der Waals surface area contributed by atoms with Crippen LogP contribution in [0, 0.1) is 12.7 Å². The first-order valence-corrected chi connectivity index (χ1v) is 6.78. The second-order valence-corrected chi connectivity index (χ2v) is 4.85. The van der Waals surface area contributed by atoms with Crippen molar-refractivity contribution in [3.05, 3.63) is 65.0 Å². The second-order valence-electron chi connectivity index (χ2n) is 4.85. The molecule has 0 heterocycles. The molecule has 0 saturated carbocycles. The molecule has 0 amide bonds. The van der Waals surface area contributed by atoms with Gasteiger partial charge in [0.25, 0.3) is 0 Å². The van der Waals surface area contributed by atoms with Gasteiger partial charge in [0.2, 0.25) is 0 Å². The molecule has 0 aliphatic heterocycles. The van der Waals surface area contributed by atoms with E-state index >= 15 is 0 Å². The average molecular weight is 274 g/mol. The number of aliphatic hydroxyl groups is 1. The Labute approximate surface area is 118 Å². The highest BCUT2D eigenvalue weighted by atomic mass is 19.1. The van der Waals surface area contributed by atoms with Gasteiger partial charge in [0.15, 0.2) is 0 Å². The molecule has 20 heavy (non-hydrogen) atoms. The van der Waals surface area contributed by atoms with Crippen LogP contribution >= 0.6 is 0 Å². The van der Waals surface area contributed by atoms with Crippen molar-refractivity contribution in [1.82, 2.24) is 0 Å². The van der Waals surface area contributed by atoms with Crippen LogP contribution in [0.4, 0.5) is 4.39 Å². The average Bonchev–Trinajstić information content (AvgIpc) is 2.45. The van der Waals surface area contributed by atoms with E-state index in [0.717, 1.165) is 17.7 Å². The molecule has 1 unspecified atom stereocenters. The van der Waals surface area contributed by atoms with E-state index in [1.165, 1.54) is 6.07 Å². The lowest BCUT2D eigenvalue weighted by Gasteiger charge is -2.13. The van der Waals surface area contributed by atoms with Gasteiger partial charge in [0.1, 0.15) is 17.7 Å². The lowest BCUT2D eigenvalue weighted by Crippen LogP contribution is -2.03. The van der Waals surface area contributed by atoms with Gasteiger partial charge in [-0.25, -0.2) is 4.39 Å². The number of ether oxygens (including phenoxy) is 1. The quantitative estimate of drug-likeness (QED) is 0.892. The molecule has 0 spiro atoms. The number of hydrogen-bond donors (Lipinski definition) is 1. The van der Waals surface area contributed by atoms with Gasteiger partial charge in [-0.05, 0) is 42.7 Å². The molecule has 3 heteroatoms. The van der Waals surface area contributed by atoms with Crippen LogP contribution in [0.15, 0.2) is 42.5 Å². The standard InChI is InChI=1S/C17H19FO2/c1-3-10-20-14-7-5-13(6-8-14)17(19)15-9-4-12(2)11-16(15)18/h4-9,11,17,19H,3,10H2,1-2H3. The lowest BCUT2D eigenvalue weighted by atomic mass is 10.00. The predicted octanol–water partition coefficient (Wildman–Crippen LogP) is 4.00. The maximum atomic E-state index is 13.8. The maximum absolute atomic E-state index is 13.8. The normalized spacial score (nSPS) is 12.2. The third kappa shape index (κ3) is 3.36. The zero-order chi connectivity index (χ0) is 14.5. The highest BCUT2D eigenvalue weighted by molar-refractivity contribution is 5.35. The van der Waals surface area contributed by atoms with E-state index in [1.54, 1.807) is 36.4 Å². The summed E-state index contributed by atoms with van der Waals surface area (Å²) in [7, 11) is 0. The van der Waals surface area contributed by atoms with Crippen LogP contribution in [0.5, 0.6) is 5.75 Å². The molecule has 1 N–H and O–H groups in total. The lowest BCUT2D eigenvalue weighted by molar-refractivity contribution is 0.214. The maximum Gasteiger partial charge on any atom is 0.129 e. The number of rotatable bonds is 5. The van der Waals surface area contributed by atoms with Crippen LogP contribution in [0.2, 0.25) is 0 Å². The second kappa shape index (κ2) is 6.53. The molecule has 0 radical (unpaired) electrons. The molecule has 2 aromatic rings. The van der Waals surface area contributed by atoms with Crippen LogP contribution in [0.25, 0.3) is 0 Å². The van der Waals surface area contributed by atoms with Gasteiger partial charge >= 0.3 is 0 Å². The Morgan fingerprint density at radius 1 is 1.15 bits per heavy atom. The Kier molecular flexibility index (Phi) is 4.74. The van der Waals surface area contributed by atoms with Gasteiger partial charge in [-0.3, -0.25) is 0 Å². The summed E-state index contributed by atoms with van der Waals surface area (Å²) in [6.45, 7) is 4.52. The molecule has 0 bridgehead atoms. The summed E-state index contributed by atoms with van der Waals surface area (Å²) in [4.78, 5) is 0. The first kappa shape index (κ1) is 14.5. The molecular weight excluding hydrogens is 255 g/mol. The van der Waals surface area contributed by atoms with E-state index in [2.05, 4.69) is 0 Å². The third-order valence-corrected chi connectivity index (χ3v) is 3.12. The molecular formula is C17H19FO2. The smallest absolute Gasteiger partial charge is 0.129 e. The van der Waals surface area contributed by atoms with Crippen LogP contribution < -0.4 is 4.74 Å². The van der Waals surface area contributed by atoms with Crippen LogP contribution in [0.3, 0.4) is 0 Å². The molecule has 1 atom stereocenters. The zero-order valence-electron chi connectivity index (χ0n) is 11.8. The summed E-state index contributed by atoms with van der Waals surface area (Å²) in [6, 6.07) is 11.9. The first-order chi connectivity index (χ1) is 9.61. The van der Waals surface area contributed by atoms with Gasteiger partial charge in [-0.2, -0.15) is 0 Å². The minimum Gasteiger partial charge on any atom is -0.494 e. The van der Waals surface area contributed by atoms with Crippen molar-refractivity contribution in [3.8, 4) is 5.75 Å². The van der Waals surface area contributed by atoms with Crippen molar-refractivity contribution in [2.24, 2.45) is 0 Å². The number of aryl methyl sites for hydroxylation is 1. The molecule has 0 aromatic heterocycles. The van der Waals surface area contributed by atoms with Gasteiger partial charge < -0.3 is 9.84 Å². The molecule has 2 nitrogen and oxygen atoms in total. The van der Waals surface area contributed by atoms with Gasteiger partial charge in [-0.1, -0.05) is 31.2 Å². The van der Waals surface area contributed by atoms with E-state index in [-0.39, 0.29) is 11.4 Å². The van der Waals surface area contributed by atoms with E-state index in [0.29, 0.717) is 12.2 Å². The monoisotopic (exact) mass is 274 g/mol. The Bertz CT molecular complexity index is 564. The summed E-state index contributed by atoms with van der Waals surface area (Å²) < 4.78 is 19.3. The highest BCUT2D eigenvalue weighted by Crippen LogP contribution is 2.26. The summed E-state index contributed by atoms with van der Waals surface area (Å²) >= 11 is 0. The van der Waals surface area contributed by atoms with Gasteiger partial charge in [0, 0.05) is 5.56 Å². The van der Waals surface area contributed by atoms with Crippen LogP contribution in [-0.4, -0.2) is 11.7 Å². The first-order valence-electron chi connectivity index (χ1n) is 6.78. The van der Waals surface area contributed by atoms with Crippen molar-refractivity contribution < 1.29 is 14.2 Å². The minimum atomic E-state index is -0.962. The van der Waals surface area contributed by atoms with Crippen molar-refractivity contribution in [2.45, 2.75) is 26.4 Å². The predicted molar refractivity (Wildman–Crippen MR) is 77.4 cm³/mol. The fraction of sp³-hybridized carbons (Fsp3) is 0.294. The third-order valence-electron chi connectivity index (χ3n) is 3.12. The van der Waals surface area contributed by atoms with E-state index in [4.69, 9.17) is 4.74 Å². The Morgan fingerprint density at radius 2 is 1.85 bits per heavy atom. The number of aliphatic hydroxyl groups excluding tert-OH is 1. The zero-order valence-corrected chi connectivity index (χ0v) is 11.8. The SMILES string of the molecule is CCCOc1ccc(C(O)c2ccc(C)cc2F)cc1. The van der Waals surface area contributed by atoms with Crippen molar-refractivity contribution in [2.75, 3.05) is 6.61 Å². The van der Waals surface area contributed by atoms with E-state index in [9.17, 15) is 9.50 Å². The van der Waals surface area contributed by atoms with Crippen molar-refractivity contribution in [3.63, 3.8) is 0 Å². The summed E-state index contributed by atoms with van der Waals surface area (Å²) in [6.07, 6.45) is -0.0188. The number of halogens is 1. The molecule has 106 valence electrons. The molecule has 0 aliphatic rings. The molecule has 0 saturated heterocycles. The number of hydrogen-bond acceptors (Lipinski definition) is 2. The molecule has 0 aliphatic carbocycles. The fourth-order valence-electron chi connectivity index (χ4n) is 2.00. The molecule has 0 fully saturated rings.